The first-order valence-electron chi connectivity index (χ1n) is 12.9. The molecule has 8 atom stereocenters. The molecule has 4 rings (SSSR count). The van der Waals surface area contributed by atoms with Gasteiger partial charge in [-0.1, -0.05) is 55.0 Å². The predicted octanol–water partition coefficient (Wildman–Crippen LogP) is 3.06. The van der Waals surface area contributed by atoms with Crippen LogP contribution in [-0.2, 0) is 25.5 Å². The van der Waals surface area contributed by atoms with Gasteiger partial charge in [-0.3, -0.25) is 14.4 Å². The van der Waals surface area contributed by atoms with E-state index in [1.807, 2.05) is 44.2 Å². The van der Waals surface area contributed by atoms with E-state index in [1.165, 1.54) is 26.0 Å². The van der Waals surface area contributed by atoms with Crippen LogP contribution in [0.5, 0.6) is 0 Å². The number of hydrogen-bond acceptors (Lipinski definition) is 6. The maximum absolute atomic E-state index is 14.2. The Bertz CT molecular complexity index is 1170. The minimum atomic E-state index is -1.82. The first-order chi connectivity index (χ1) is 17.4. The minimum Gasteiger partial charge on any atom is -0.457 e. The van der Waals surface area contributed by atoms with Crippen LogP contribution in [0.15, 0.2) is 65.8 Å². The number of aliphatic hydroxyl groups is 2. The van der Waals surface area contributed by atoms with Crippen molar-refractivity contribution in [2.24, 2.45) is 23.2 Å². The Labute approximate surface area is 218 Å². The van der Waals surface area contributed by atoms with E-state index in [0.717, 1.165) is 16.7 Å². The van der Waals surface area contributed by atoms with Gasteiger partial charge in [0.15, 0.2) is 5.78 Å². The summed E-state index contributed by atoms with van der Waals surface area (Å²) in [5.41, 5.74) is -0.500. The molecule has 1 fully saturated rings. The van der Waals surface area contributed by atoms with E-state index >= 15 is 0 Å². The molecule has 1 heterocycles. The molecule has 0 radical (unpaired) electrons. The molecule has 1 spiro atoms. The van der Waals surface area contributed by atoms with Gasteiger partial charge in [0, 0.05) is 30.7 Å². The van der Waals surface area contributed by atoms with Crippen LogP contribution < -0.4 is 5.32 Å². The van der Waals surface area contributed by atoms with E-state index in [4.69, 9.17) is 4.74 Å². The summed E-state index contributed by atoms with van der Waals surface area (Å²) in [6, 6.07) is 9.52. The first-order valence-corrected chi connectivity index (χ1v) is 12.9. The van der Waals surface area contributed by atoms with Gasteiger partial charge >= 0.3 is 5.97 Å². The first kappa shape index (κ1) is 27.0. The fraction of sp³-hybridized carbons (Fsp3) is 0.500. The van der Waals surface area contributed by atoms with Crippen molar-refractivity contribution in [2.45, 2.75) is 71.3 Å². The van der Waals surface area contributed by atoms with Crippen LogP contribution in [-0.4, -0.2) is 51.7 Å². The highest BCUT2D eigenvalue weighted by Crippen LogP contribution is 2.57. The van der Waals surface area contributed by atoms with Crippen LogP contribution in [0.3, 0.4) is 0 Å². The lowest BCUT2D eigenvalue weighted by Gasteiger charge is -2.49. The molecule has 37 heavy (non-hydrogen) atoms. The third-order valence-corrected chi connectivity index (χ3v) is 8.49. The smallest absolute Gasteiger partial charge is 0.303 e. The number of esters is 1. The van der Waals surface area contributed by atoms with E-state index in [-0.39, 0.29) is 17.7 Å². The largest absolute Gasteiger partial charge is 0.457 e. The summed E-state index contributed by atoms with van der Waals surface area (Å²) in [6.07, 6.45) is 5.17. The number of nitrogens with one attached hydrogen (secondary N) is 1. The molecule has 7 nitrogen and oxygen atoms in total. The van der Waals surface area contributed by atoms with Crippen molar-refractivity contribution >= 4 is 17.7 Å². The Kier molecular flexibility index (Phi) is 7.32. The van der Waals surface area contributed by atoms with Gasteiger partial charge in [-0.05, 0) is 56.9 Å². The summed E-state index contributed by atoms with van der Waals surface area (Å²) in [7, 11) is 0. The highest BCUT2D eigenvalue weighted by atomic mass is 16.5. The summed E-state index contributed by atoms with van der Waals surface area (Å²) in [5, 5.41) is 25.7. The van der Waals surface area contributed by atoms with Crippen molar-refractivity contribution in [3.05, 3.63) is 71.3 Å². The zero-order valence-corrected chi connectivity index (χ0v) is 22.1. The number of allylic oxidation sites excluding steroid dienone is 1. The molecule has 1 aromatic rings. The zero-order valence-electron chi connectivity index (χ0n) is 22.1. The molecular formula is C30H37NO6. The average Bonchev–Trinajstić information content (AvgIpc) is 3.13. The van der Waals surface area contributed by atoms with Gasteiger partial charge in [-0.15, -0.1) is 0 Å². The SMILES string of the molecule is CC(=O)O[C@@H]1/C=C/[C@@](C)(O)C(=O)[C@@H](C)C/C=C/[C@H]2[C@H](O)C(C)=C(C)[C@@H]3[C@H](Cc4ccccc4)NC(=O)[C@@]312. The minimum absolute atomic E-state index is 0.314. The van der Waals surface area contributed by atoms with E-state index in [2.05, 4.69) is 5.32 Å². The lowest BCUT2D eigenvalue weighted by atomic mass is 9.54. The van der Waals surface area contributed by atoms with Gasteiger partial charge in [-0.25, -0.2) is 0 Å². The standard InChI is InChI=1S/C30H37NO6/c1-17-10-9-13-22-26(33)19(3)18(2)25-23(16-21-11-7-6-8-12-21)31-28(35)30(22,25)24(37-20(4)32)14-15-29(5,36)27(17)34/h6-9,11-15,17,22-26,33,36H,10,16H2,1-5H3,(H,31,35)/b13-9+,15-14+/t17-,22-,23-,24+,25+,26+,29+,30+/m0/s1. The molecule has 1 amide bonds. The molecule has 0 unspecified atom stereocenters. The molecule has 2 aliphatic carbocycles. The van der Waals surface area contributed by atoms with Gasteiger partial charge in [0.2, 0.25) is 5.91 Å². The van der Waals surface area contributed by atoms with Gasteiger partial charge in [-0.2, -0.15) is 0 Å². The average molecular weight is 508 g/mol. The topological polar surface area (TPSA) is 113 Å². The quantitative estimate of drug-likeness (QED) is 0.428. The summed E-state index contributed by atoms with van der Waals surface area (Å²) >= 11 is 0. The van der Waals surface area contributed by atoms with Crippen LogP contribution in [0.2, 0.25) is 0 Å². The van der Waals surface area contributed by atoms with Gasteiger partial charge in [0.05, 0.1) is 6.10 Å². The fourth-order valence-electron chi connectivity index (χ4n) is 6.54. The normalized spacial score (nSPS) is 39.6. The second-order valence-electron chi connectivity index (χ2n) is 11.0. The third-order valence-electron chi connectivity index (χ3n) is 8.49. The number of aliphatic hydroxyl groups excluding tert-OH is 1. The van der Waals surface area contributed by atoms with E-state index in [1.54, 1.807) is 19.1 Å². The van der Waals surface area contributed by atoms with Crippen LogP contribution in [0.25, 0.3) is 0 Å². The molecule has 1 saturated heterocycles. The molecule has 0 bridgehead atoms. The van der Waals surface area contributed by atoms with E-state index < -0.39 is 46.9 Å². The van der Waals surface area contributed by atoms with E-state index in [0.29, 0.717) is 12.8 Å². The summed E-state index contributed by atoms with van der Waals surface area (Å²) in [5.74, 6) is -2.92. The fourth-order valence-corrected chi connectivity index (χ4v) is 6.54. The number of amides is 1. The number of ether oxygens (including phenoxy) is 1. The third kappa shape index (κ3) is 4.59. The number of ketones is 1. The van der Waals surface area contributed by atoms with Crippen molar-refractivity contribution in [3.63, 3.8) is 0 Å². The van der Waals surface area contributed by atoms with Crippen molar-refractivity contribution in [2.75, 3.05) is 0 Å². The molecule has 3 N–H and O–H groups in total. The Balaban J connectivity index is 1.96. The molecular weight excluding hydrogens is 470 g/mol. The van der Waals surface area contributed by atoms with Crippen molar-refractivity contribution in [1.82, 2.24) is 5.32 Å². The maximum Gasteiger partial charge on any atom is 0.303 e. The van der Waals surface area contributed by atoms with Crippen LogP contribution >= 0.6 is 0 Å². The van der Waals surface area contributed by atoms with Crippen molar-refractivity contribution < 1.29 is 29.3 Å². The molecule has 7 heteroatoms. The lowest BCUT2D eigenvalue weighted by molar-refractivity contribution is -0.161. The second-order valence-corrected chi connectivity index (χ2v) is 11.0. The maximum atomic E-state index is 14.2. The van der Waals surface area contributed by atoms with Crippen molar-refractivity contribution in [1.29, 1.82) is 0 Å². The number of carbonyl (C=O) groups is 3. The lowest BCUT2D eigenvalue weighted by Crippen LogP contribution is -2.58. The summed E-state index contributed by atoms with van der Waals surface area (Å²) < 4.78 is 5.82. The summed E-state index contributed by atoms with van der Waals surface area (Å²) in [4.78, 5) is 39.5. The summed E-state index contributed by atoms with van der Waals surface area (Å²) in [6.45, 7) is 8.20. The molecule has 3 aliphatic rings. The van der Waals surface area contributed by atoms with Crippen LogP contribution in [0, 0.1) is 23.2 Å². The number of benzene rings is 1. The molecule has 198 valence electrons. The van der Waals surface area contributed by atoms with Gasteiger partial charge in [0.1, 0.15) is 17.1 Å². The number of Topliss-reactive ketones (excluding diaryl/α,β-unsaturated/α-hetero) is 1. The predicted molar refractivity (Wildman–Crippen MR) is 139 cm³/mol. The zero-order chi connectivity index (χ0) is 27.1. The Hall–Kier alpha value is -3.03. The van der Waals surface area contributed by atoms with Gasteiger partial charge in [0.25, 0.3) is 0 Å². The Morgan fingerprint density at radius 1 is 1.14 bits per heavy atom. The Morgan fingerprint density at radius 2 is 1.81 bits per heavy atom. The molecule has 0 saturated carbocycles. The van der Waals surface area contributed by atoms with Gasteiger partial charge < -0.3 is 20.3 Å². The molecule has 1 aliphatic heterocycles. The van der Waals surface area contributed by atoms with Crippen LogP contribution in [0.1, 0.15) is 46.6 Å². The number of carbonyl (C=O) groups excluding carboxylic acids is 3. The van der Waals surface area contributed by atoms with E-state index in [9.17, 15) is 24.6 Å². The van der Waals surface area contributed by atoms with Crippen LogP contribution in [0.4, 0.5) is 0 Å². The second kappa shape index (κ2) is 10.0. The Morgan fingerprint density at radius 3 is 2.46 bits per heavy atom. The number of hydrogen-bond donors (Lipinski definition) is 3. The number of rotatable bonds is 3. The molecule has 1 aromatic carbocycles. The highest BCUT2D eigenvalue weighted by molar-refractivity contribution is 5.91. The monoisotopic (exact) mass is 507 g/mol. The molecule has 0 aromatic heterocycles. The highest BCUT2D eigenvalue weighted by Gasteiger charge is 2.67. The van der Waals surface area contributed by atoms with Crippen molar-refractivity contribution in [3.8, 4) is 0 Å².